The minimum absolute atomic E-state index is 0.0837. The fourth-order valence-corrected chi connectivity index (χ4v) is 3.50. The maximum Gasteiger partial charge on any atom is 0.340 e. The van der Waals surface area contributed by atoms with E-state index < -0.39 is 5.97 Å². The molecule has 0 bridgehead atoms. The molecule has 0 fully saturated rings. The number of carbonyl (C=O) groups is 1. The molecule has 0 aliphatic rings. The van der Waals surface area contributed by atoms with Gasteiger partial charge in [0.25, 0.3) is 0 Å². The van der Waals surface area contributed by atoms with E-state index in [2.05, 4.69) is 17.1 Å². The number of carbonyl (C=O) groups excluding carboxylic acids is 1. The Labute approximate surface area is 165 Å². The summed E-state index contributed by atoms with van der Waals surface area (Å²) in [6, 6.07) is 13.3. The fourth-order valence-electron chi connectivity index (χ4n) is 2.39. The van der Waals surface area contributed by atoms with Crippen molar-refractivity contribution in [2.75, 3.05) is 5.73 Å². The number of anilines is 1. The predicted molar refractivity (Wildman–Crippen MR) is 106 cm³/mol. The molecule has 1 heterocycles. The Morgan fingerprint density at radius 2 is 1.88 bits per heavy atom. The number of hydrogen-bond acceptors (Lipinski definition) is 5. The van der Waals surface area contributed by atoms with Crippen molar-refractivity contribution in [3.63, 3.8) is 0 Å². The Kier molecular flexibility index (Phi) is 6.14. The van der Waals surface area contributed by atoms with Crippen LogP contribution in [0.5, 0.6) is 0 Å². The number of ether oxygens (including phenoxy) is 1. The Hall–Kier alpha value is -2.08. The molecule has 3 aromatic rings. The predicted octanol–water partition coefficient (Wildman–Crippen LogP) is 5.17. The number of aryl methyl sites for hydroxylation is 2. The molecule has 4 nitrogen and oxygen atoms in total. The van der Waals surface area contributed by atoms with Crippen LogP contribution in [0.25, 0.3) is 0 Å². The third kappa shape index (κ3) is 4.55. The number of aromatic nitrogens is 1. The summed E-state index contributed by atoms with van der Waals surface area (Å²) in [5.41, 5.74) is 8.11. The van der Waals surface area contributed by atoms with Gasteiger partial charge in [0.15, 0.2) is 0 Å². The molecule has 7 heteroatoms. The molecule has 0 saturated carbocycles. The maximum absolute atomic E-state index is 12.2. The minimum Gasteiger partial charge on any atom is -0.455 e. The van der Waals surface area contributed by atoms with Crippen LogP contribution in [0.3, 0.4) is 0 Å². The lowest BCUT2D eigenvalue weighted by atomic mass is 10.1. The largest absolute Gasteiger partial charge is 0.455 e. The van der Waals surface area contributed by atoms with Crippen molar-refractivity contribution in [3.8, 4) is 0 Å². The highest BCUT2D eigenvalue weighted by atomic mass is 35.5. The summed E-state index contributed by atoms with van der Waals surface area (Å²) in [5.74, 6) is -0.556. The molecular weight excluding hydrogens is 391 g/mol. The van der Waals surface area contributed by atoms with Crippen molar-refractivity contribution in [1.29, 1.82) is 0 Å². The summed E-state index contributed by atoms with van der Waals surface area (Å²) in [4.78, 5) is 16.7. The van der Waals surface area contributed by atoms with Gasteiger partial charge in [-0.2, -0.15) is 0 Å². The van der Waals surface area contributed by atoms with Gasteiger partial charge in [0.2, 0.25) is 0 Å². The number of nitrogen functional groups attached to an aromatic ring is 1. The topological polar surface area (TPSA) is 65.2 Å². The molecule has 2 N–H and O–H groups in total. The van der Waals surface area contributed by atoms with Crippen LogP contribution in [0.1, 0.15) is 26.6 Å². The van der Waals surface area contributed by atoms with E-state index in [1.165, 1.54) is 17.7 Å². The zero-order valence-corrected chi connectivity index (χ0v) is 16.1. The number of hydrogen-bond donors (Lipinski definition) is 1. The first-order valence-electron chi connectivity index (χ1n) is 7.92. The molecule has 0 amide bonds. The summed E-state index contributed by atoms with van der Waals surface area (Å²) in [5, 5.41) is 3.35. The van der Waals surface area contributed by atoms with E-state index in [1.807, 2.05) is 23.6 Å². The number of rotatable bonds is 6. The van der Waals surface area contributed by atoms with E-state index in [9.17, 15) is 4.79 Å². The highest BCUT2D eigenvalue weighted by Gasteiger charge is 2.16. The quantitative estimate of drug-likeness (QED) is 0.452. The molecule has 0 saturated heterocycles. The van der Waals surface area contributed by atoms with Crippen LogP contribution in [0.15, 0.2) is 47.8 Å². The number of nitrogens with zero attached hydrogens (tertiary/aromatic N) is 1. The molecule has 0 radical (unpaired) electrons. The number of thiazole rings is 1. The van der Waals surface area contributed by atoms with Gasteiger partial charge in [-0.15, -0.1) is 11.3 Å². The highest BCUT2D eigenvalue weighted by molar-refractivity contribution is 7.09. The maximum atomic E-state index is 12.2. The smallest absolute Gasteiger partial charge is 0.340 e. The van der Waals surface area contributed by atoms with Gasteiger partial charge in [-0.05, 0) is 24.1 Å². The van der Waals surface area contributed by atoms with Crippen LogP contribution in [0.2, 0.25) is 10.0 Å². The Bertz CT molecular complexity index is 913. The molecule has 0 aliphatic carbocycles. The van der Waals surface area contributed by atoms with Crippen molar-refractivity contribution >= 4 is 46.2 Å². The molecule has 0 unspecified atom stereocenters. The molecule has 0 spiro atoms. The number of nitrogens with two attached hydrogens (primary N) is 1. The van der Waals surface area contributed by atoms with E-state index in [-0.39, 0.29) is 22.9 Å². The SMILES string of the molecule is Nc1c(C(=O)OCc2csc(CCc3ccccc3)n2)ccc(Cl)c1Cl. The molecule has 2 aromatic carbocycles. The third-order valence-electron chi connectivity index (χ3n) is 3.77. The minimum atomic E-state index is -0.556. The Balaban J connectivity index is 1.56. The van der Waals surface area contributed by atoms with Crippen LogP contribution in [0, 0.1) is 0 Å². The second kappa shape index (κ2) is 8.54. The van der Waals surface area contributed by atoms with Gasteiger partial charge in [-0.25, -0.2) is 9.78 Å². The monoisotopic (exact) mass is 406 g/mol. The van der Waals surface area contributed by atoms with E-state index in [4.69, 9.17) is 33.7 Å². The lowest BCUT2D eigenvalue weighted by Crippen LogP contribution is -2.09. The first kappa shape index (κ1) is 18.7. The summed E-state index contributed by atoms with van der Waals surface area (Å²) in [6.45, 7) is 0.0837. The lowest BCUT2D eigenvalue weighted by Gasteiger charge is -2.08. The van der Waals surface area contributed by atoms with Crippen LogP contribution in [-0.4, -0.2) is 11.0 Å². The van der Waals surface area contributed by atoms with Crippen molar-refractivity contribution < 1.29 is 9.53 Å². The normalized spacial score (nSPS) is 10.7. The average molecular weight is 407 g/mol. The summed E-state index contributed by atoms with van der Waals surface area (Å²) in [7, 11) is 0. The molecular formula is C19H16Cl2N2O2S. The Morgan fingerprint density at radius 3 is 2.65 bits per heavy atom. The first-order chi connectivity index (χ1) is 12.5. The van der Waals surface area contributed by atoms with Crippen LogP contribution in [0.4, 0.5) is 5.69 Å². The van der Waals surface area contributed by atoms with Crippen LogP contribution < -0.4 is 5.73 Å². The molecule has 0 aliphatic heterocycles. The van der Waals surface area contributed by atoms with Gasteiger partial charge in [0.1, 0.15) is 6.61 Å². The summed E-state index contributed by atoms with van der Waals surface area (Å²) >= 11 is 13.4. The summed E-state index contributed by atoms with van der Waals surface area (Å²) < 4.78 is 5.29. The van der Waals surface area contributed by atoms with E-state index >= 15 is 0 Å². The molecule has 26 heavy (non-hydrogen) atoms. The van der Waals surface area contributed by atoms with Gasteiger partial charge in [0, 0.05) is 11.8 Å². The molecule has 3 rings (SSSR count). The zero-order valence-electron chi connectivity index (χ0n) is 13.7. The van der Waals surface area contributed by atoms with Crippen molar-refractivity contribution in [2.45, 2.75) is 19.4 Å². The number of benzene rings is 2. The highest BCUT2D eigenvalue weighted by Crippen LogP contribution is 2.31. The Morgan fingerprint density at radius 1 is 1.12 bits per heavy atom. The third-order valence-corrected chi connectivity index (χ3v) is 5.55. The standard InChI is InChI=1S/C19H16Cl2N2O2S/c20-15-8-7-14(18(22)17(15)21)19(24)25-10-13-11-26-16(23-13)9-6-12-4-2-1-3-5-12/h1-5,7-8,11H,6,9-10,22H2. The van der Waals surface area contributed by atoms with Crippen molar-refractivity contribution in [3.05, 3.63) is 79.7 Å². The van der Waals surface area contributed by atoms with Crippen LogP contribution >= 0.6 is 34.5 Å². The number of halogens is 2. The van der Waals surface area contributed by atoms with Crippen molar-refractivity contribution in [1.82, 2.24) is 4.98 Å². The second-order valence-electron chi connectivity index (χ2n) is 5.62. The van der Waals surface area contributed by atoms with Crippen LogP contribution in [-0.2, 0) is 24.2 Å². The van der Waals surface area contributed by atoms with E-state index in [0.717, 1.165) is 17.8 Å². The lowest BCUT2D eigenvalue weighted by molar-refractivity contribution is 0.0469. The molecule has 0 atom stereocenters. The fraction of sp³-hybridized carbons (Fsp3) is 0.158. The van der Waals surface area contributed by atoms with Gasteiger partial charge in [-0.3, -0.25) is 0 Å². The average Bonchev–Trinajstić information content (AvgIpc) is 3.11. The number of esters is 1. The van der Waals surface area contributed by atoms with E-state index in [1.54, 1.807) is 11.3 Å². The zero-order chi connectivity index (χ0) is 18.5. The molecule has 134 valence electrons. The van der Waals surface area contributed by atoms with Gasteiger partial charge in [0.05, 0.1) is 32.0 Å². The second-order valence-corrected chi connectivity index (χ2v) is 7.34. The van der Waals surface area contributed by atoms with Crippen molar-refractivity contribution in [2.24, 2.45) is 0 Å². The van der Waals surface area contributed by atoms with Gasteiger partial charge < -0.3 is 10.5 Å². The first-order valence-corrected chi connectivity index (χ1v) is 9.56. The summed E-state index contributed by atoms with van der Waals surface area (Å²) in [6.07, 6.45) is 1.77. The molecule has 1 aromatic heterocycles. The van der Waals surface area contributed by atoms with E-state index in [0.29, 0.717) is 10.7 Å². The van der Waals surface area contributed by atoms with Gasteiger partial charge in [-0.1, -0.05) is 53.5 Å². The van der Waals surface area contributed by atoms with Gasteiger partial charge >= 0.3 is 5.97 Å².